The Bertz CT molecular complexity index is 1090. The van der Waals surface area contributed by atoms with Crippen LogP contribution in [0.3, 0.4) is 0 Å². The van der Waals surface area contributed by atoms with Crippen LogP contribution in [0.1, 0.15) is 24.6 Å². The lowest BCUT2D eigenvalue weighted by molar-refractivity contribution is -0.384. The third-order valence-electron chi connectivity index (χ3n) is 5.30. The van der Waals surface area contributed by atoms with Crippen LogP contribution in [0.5, 0.6) is 5.75 Å². The van der Waals surface area contributed by atoms with Crippen molar-refractivity contribution in [3.8, 4) is 11.4 Å². The molecule has 0 aliphatic heterocycles. The summed E-state index contributed by atoms with van der Waals surface area (Å²) in [5.74, 6) is 0.776. The number of aromatic nitrogens is 1. The number of allylic oxidation sites excluding steroid dienone is 1. The molecule has 0 saturated carbocycles. The Kier molecular flexibility index (Phi) is 6.64. The first-order valence-electron chi connectivity index (χ1n) is 10.6. The normalized spacial score (nSPS) is 12.8. The fraction of sp³-hybridized carbons (Fsp3) is 0.333. The van der Waals surface area contributed by atoms with Crippen molar-refractivity contribution in [2.45, 2.75) is 19.8 Å². The number of nitro benzene ring substituents is 1. The van der Waals surface area contributed by atoms with Crippen LogP contribution in [-0.4, -0.2) is 42.5 Å². The predicted octanol–water partition coefficient (Wildman–Crippen LogP) is 4.93. The van der Waals surface area contributed by atoms with Crippen LogP contribution in [0.4, 0.5) is 5.69 Å². The Morgan fingerprint density at radius 1 is 1.03 bits per heavy atom. The molecule has 3 aromatic rings. The average molecular weight is 422 g/mol. The van der Waals surface area contributed by atoms with Crippen molar-refractivity contribution in [3.63, 3.8) is 0 Å². The zero-order valence-electron chi connectivity index (χ0n) is 17.6. The summed E-state index contributed by atoms with van der Waals surface area (Å²) < 4.78 is 18.7. The molecule has 0 amide bonds. The minimum atomic E-state index is -0.345. The fourth-order valence-corrected chi connectivity index (χ4v) is 3.89. The third kappa shape index (κ3) is 4.62. The molecule has 7 heteroatoms. The van der Waals surface area contributed by atoms with Gasteiger partial charge in [-0.05, 0) is 50.1 Å². The molecular weight excluding hydrogens is 396 g/mol. The Hall–Kier alpha value is -3.16. The monoisotopic (exact) mass is 422 g/mol. The van der Waals surface area contributed by atoms with E-state index in [2.05, 4.69) is 16.7 Å². The SMILES string of the molecule is CCOCCOCCOc1ccc(-n2c3c(c4cc([N+](=O)[O-])ccc42)C=CCC3)cc1. The van der Waals surface area contributed by atoms with Gasteiger partial charge in [0.25, 0.3) is 5.69 Å². The van der Waals surface area contributed by atoms with E-state index in [0.29, 0.717) is 33.0 Å². The average Bonchev–Trinajstić information content (AvgIpc) is 3.12. The van der Waals surface area contributed by atoms with Crippen molar-refractivity contribution in [1.82, 2.24) is 4.57 Å². The number of rotatable bonds is 10. The first kappa shape index (κ1) is 21.1. The highest BCUT2D eigenvalue weighted by molar-refractivity contribution is 5.94. The number of benzene rings is 2. The van der Waals surface area contributed by atoms with Gasteiger partial charge >= 0.3 is 0 Å². The number of fused-ring (bicyclic) bond motifs is 3. The molecule has 0 saturated heterocycles. The summed E-state index contributed by atoms with van der Waals surface area (Å²) in [6.45, 7) is 4.80. The lowest BCUT2D eigenvalue weighted by Gasteiger charge is -2.14. The van der Waals surface area contributed by atoms with Crippen LogP contribution in [0.2, 0.25) is 0 Å². The Balaban J connectivity index is 1.52. The maximum atomic E-state index is 11.3. The van der Waals surface area contributed by atoms with Crippen molar-refractivity contribution in [2.24, 2.45) is 0 Å². The van der Waals surface area contributed by atoms with Gasteiger partial charge in [0.1, 0.15) is 12.4 Å². The van der Waals surface area contributed by atoms with Gasteiger partial charge in [-0.3, -0.25) is 10.1 Å². The Morgan fingerprint density at radius 2 is 1.81 bits per heavy atom. The predicted molar refractivity (Wildman–Crippen MR) is 120 cm³/mol. The number of ether oxygens (including phenoxy) is 3. The van der Waals surface area contributed by atoms with Crippen LogP contribution in [-0.2, 0) is 15.9 Å². The van der Waals surface area contributed by atoms with E-state index in [9.17, 15) is 10.1 Å². The molecular formula is C24H26N2O5. The second-order valence-electron chi connectivity index (χ2n) is 7.25. The summed E-state index contributed by atoms with van der Waals surface area (Å²) in [5.41, 5.74) is 4.33. The molecule has 1 aromatic heterocycles. The van der Waals surface area contributed by atoms with Gasteiger partial charge in [0, 0.05) is 41.1 Å². The molecule has 0 spiro atoms. The van der Waals surface area contributed by atoms with Crippen LogP contribution < -0.4 is 4.74 Å². The zero-order valence-corrected chi connectivity index (χ0v) is 17.6. The van der Waals surface area contributed by atoms with Gasteiger partial charge in [-0.25, -0.2) is 0 Å². The Labute approximate surface area is 181 Å². The van der Waals surface area contributed by atoms with Gasteiger partial charge in [-0.2, -0.15) is 0 Å². The van der Waals surface area contributed by atoms with E-state index in [1.54, 1.807) is 12.1 Å². The van der Waals surface area contributed by atoms with Gasteiger partial charge in [-0.15, -0.1) is 0 Å². The molecule has 1 aliphatic carbocycles. The molecule has 7 nitrogen and oxygen atoms in total. The summed E-state index contributed by atoms with van der Waals surface area (Å²) in [4.78, 5) is 10.9. The van der Waals surface area contributed by atoms with Gasteiger partial charge < -0.3 is 18.8 Å². The zero-order chi connectivity index (χ0) is 21.6. The highest BCUT2D eigenvalue weighted by Crippen LogP contribution is 2.36. The Morgan fingerprint density at radius 3 is 2.58 bits per heavy atom. The molecule has 4 rings (SSSR count). The van der Waals surface area contributed by atoms with Gasteiger partial charge in [0.05, 0.1) is 30.3 Å². The summed E-state index contributed by atoms with van der Waals surface area (Å²) in [6.07, 6.45) is 6.05. The summed E-state index contributed by atoms with van der Waals surface area (Å²) in [5, 5.41) is 12.2. The van der Waals surface area contributed by atoms with Crippen LogP contribution in [0.15, 0.2) is 48.5 Å². The number of nitrogens with zero attached hydrogens (tertiary/aromatic N) is 2. The highest BCUT2D eigenvalue weighted by atomic mass is 16.6. The molecule has 0 N–H and O–H groups in total. The summed E-state index contributed by atoms with van der Waals surface area (Å²) in [6, 6.07) is 13.0. The minimum Gasteiger partial charge on any atom is -0.491 e. The van der Waals surface area contributed by atoms with E-state index in [1.807, 2.05) is 37.3 Å². The largest absolute Gasteiger partial charge is 0.491 e. The van der Waals surface area contributed by atoms with E-state index in [4.69, 9.17) is 14.2 Å². The van der Waals surface area contributed by atoms with E-state index in [1.165, 1.54) is 5.69 Å². The standard InChI is InChI=1S/C24H26N2O5/c1-2-29-13-14-30-15-16-31-20-10-7-18(8-11-20)25-23-6-4-3-5-21(23)22-17-19(26(27)28)9-12-24(22)25/h3,5,7-12,17H,2,4,6,13-16H2,1H3. The van der Waals surface area contributed by atoms with Crippen molar-refractivity contribution in [1.29, 1.82) is 0 Å². The number of hydrogen-bond acceptors (Lipinski definition) is 5. The minimum absolute atomic E-state index is 0.110. The molecule has 0 fully saturated rings. The number of non-ortho nitro benzene ring substituents is 1. The van der Waals surface area contributed by atoms with Crippen LogP contribution in [0.25, 0.3) is 22.7 Å². The summed E-state index contributed by atoms with van der Waals surface area (Å²) >= 11 is 0. The van der Waals surface area contributed by atoms with Crippen molar-refractivity contribution in [2.75, 3.05) is 33.0 Å². The van der Waals surface area contributed by atoms with Gasteiger partial charge in [0.2, 0.25) is 0 Å². The molecule has 2 aromatic carbocycles. The molecule has 0 unspecified atom stereocenters. The van der Waals surface area contributed by atoms with Crippen LogP contribution >= 0.6 is 0 Å². The topological polar surface area (TPSA) is 75.8 Å². The molecule has 1 aliphatic rings. The molecule has 0 radical (unpaired) electrons. The number of nitro groups is 1. The van der Waals surface area contributed by atoms with Crippen molar-refractivity contribution < 1.29 is 19.1 Å². The third-order valence-corrected chi connectivity index (χ3v) is 5.30. The maximum Gasteiger partial charge on any atom is 0.270 e. The van der Waals surface area contributed by atoms with Crippen LogP contribution in [0, 0.1) is 10.1 Å². The number of hydrogen-bond donors (Lipinski definition) is 0. The second kappa shape index (κ2) is 9.76. The smallest absolute Gasteiger partial charge is 0.270 e. The van der Waals surface area contributed by atoms with E-state index in [-0.39, 0.29) is 10.6 Å². The molecule has 0 bridgehead atoms. The second-order valence-corrected chi connectivity index (χ2v) is 7.25. The van der Waals surface area contributed by atoms with E-state index in [0.717, 1.165) is 40.7 Å². The maximum absolute atomic E-state index is 11.3. The lowest BCUT2D eigenvalue weighted by atomic mass is 10.0. The fourth-order valence-electron chi connectivity index (χ4n) is 3.89. The quantitative estimate of drug-likeness (QED) is 0.263. The molecule has 31 heavy (non-hydrogen) atoms. The summed E-state index contributed by atoms with van der Waals surface area (Å²) in [7, 11) is 0. The van der Waals surface area contributed by atoms with Crippen molar-refractivity contribution in [3.05, 3.63) is 69.9 Å². The molecule has 0 atom stereocenters. The van der Waals surface area contributed by atoms with Crippen molar-refractivity contribution >= 4 is 22.7 Å². The molecule has 162 valence electrons. The van der Waals surface area contributed by atoms with E-state index >= 15 is 0 Å². The lowest BCUT2D eigenvalue weighted by Crippen LogP contribution is -2.10. The first-order chi connectivity index (χ1) is 15.2. The van der Waals surface area contributed by atoms with Gasteiger partial charge in [-0.1, -0.05) is 12.2 Å². The highest BCUT2D eigenvalue weighted by Gasteiger charge is 2.20. The molecule has 1 heterocycles. The van der Waals surface area contributed by atoms with E-state index < -0.39 is 0 Å². The first-order valence-corrected chi connectivity index (χ1v) is 10.6. The van der Waals surface area contributed by atoms with Gasteiger partial charge in [0.15, 0.2) is 0 Å².